The number of hydrogen-bond donors (Lipinski definition) is 2. The predicted octanol–water partition coefficient (Wildman–Crippen LogP) is 2.08. The Kier molecular flexibility index (Phi) is 7.09. The first kappa shape index (κ1) is 18.8. The van der Waals surface area contributed by atoms with E-state index in [9.17, 15) is 0 Å². The maximum absolute atomic E-state index is 4.46. The van der Waals surface area contributed by atoms with Gasteiger partial charge in [0.05, 0.1) is 6.54 Å². The highest BCUT2D eigenvalue weighted by molar-refractivity contribution is 5.79. The van der Waals surface area contributed by atoms with Gasteiger partial charge < -0.3 is 20.1 Å². The van der Waals surface area contributed by atoms with Crippen LogP contribution in [0.5, 0.6) is 0 Å². The molecule has 136 valence electrons. The van der Waals surface area contributed by atoms with E-state index in [0.717, 1.165) is 31.4 Å². The van der Waals surface area contributed by atoms with Crippen LogP contribution in [0.1, 0.15) is 46.4 Å². The first-order valence-corrected chi connectivity index (χ1v) is 9.20. The number of aromatic nitrogens is 2. The maximum atomic E-state index is 4.46. The molecule has 24 heavy (non-hydrogen) atoms. The van der Waals surface area contributed by atoms with E-state index in [1.165, 1.54) is 12.8 Å². The van der Waals surface area contributed by atoms with Gasteiger partial charge in [0.15, 0.2) is 5.96 Å². The number of hydrogen-bond acceptors (Lipinski definition) is 3. The normalized spacial score (nSPS) is 17.7. The summed E-state index contributed by atoms with van der Waals surface area (Å²) in [4.78, 5) is 11.4. The lowest BCUT2D eigenvalue weighted by molar-refractivity contribution is 0.167. The molecule has 2 rings (SSSR count). The van der Waals surface area contributed by atoms with Gasteiger partial charge in [-0.1, -0.05) is 13.8 Å². The molecule has 0 saturated carbocycles. The molecule has 2 heterocycles. The summed E-state index contributed by atoms with van der Waals surface area (Å²) in [7, 11) is 1.83. The Morgan fingerprint density at radius 2 is 2.00 bits per heavy atom. The van der Waals surface area contributed by atoms with Crippen molar-refractivity contribution in [2.45, 2.75) is 65.7 Å². The number of nitrogens with zero attached hydrogens (tertiary/aromatic N) is 4. The van der Waals surface area contributed by atoms with E-state index in [1.54, 1.807) is 0 Å². The molecule has 0 atom stereocenters. The highest BCUT2D eigenvalue weighted by Gasteiger charge is 2.21. The fourth-order valence-corrected chi connectivity index (χ4v) is 3.18. The van der Waals surface area contributed by atoms with Crippen molar-refractivity contribution < 1.29 is 0 Å². The van der Waals surface area contributed by atoms with E-state index in [2.05, 4.69) is 64.0 Å². The summed E-state index contributed by atoms with van der Waals surface area (Å²) in [6, 6.07) is 1.14. The van der Waals surface area contributed by atoms with Gasteiger partial charge in [-0.15, -0.1) is 0 Å². The Morgan fingerprint density at radius 1 is 1.29 bits per heavy atom. The Hall–Kier alpha value is -1.56. The number of aliphatic imine (C=N–C) groups is 1. The fraction of sp³-hybridized carbons (Fsp3) is 0.778. The predicted molar refractivity (Wildman–Crippen MR) is 100 cm³/mol. The highest BCUT2D eigenvalue weighted by atomic mass is 15.2. The molecule has 6 nitrogen and oxygen atoms in total. The molecule has 0 unspecified atom stereocenters. The van der Waals surface area contributed by atoms with Crippen LogP contribution in [0.4, 0.5) is 0 Å². The van der Waals surface area contributed by atoms with E-state index >= 15 is 0 Å². The third-order valence-corrected chi connectivity index (χ3v) is 4.60. The van der Waals surface area contributed by atoms with Crippen molar-refractivity contribution in [2.75, 3.05) is 20.1 Å². The standard InChI is InChI=1S/C18H34N6/c1-14(2)13-24-11-8-20-17(24)12-21-18(19-5)22-16-6-9-23(10-7-16)15(3)4/h8,11,14-16H,6-7,9-10,12-13H2,1-5H3,(H2,19,21,22). The van der Waals surface area contributed by atoms with Crippen LogP contribution in [0.15, 0.2) is 17.4 Å². The lowest BCUT2D eigenvalue weighted by Gasteiger charge is -2.35. The summed E-state index contributed by atoms with van der Waals surface area (Å²) in [6.45, 7) is 13.0. The van der Waals surface area contributed by atoms with E-state index in [0.29, 0.717) is 24.5 Å². The van der Waals surface area contributed by atoms with Crippen LogP contribution in [-0.2, 0) is 13.1 Å². The first-order chi connectivity index (χ1) is 11.5. The second-order valence-electron chi connectivity index (χ2n) is 7.36. The molecule has 0 amide bonds. The van der Waals surface area contributed by atoms with Gasteiger partial charge in [0.2, 0.25) is 0 Å². The fourth-order valence-electron chi connectivity index (χ4n) is 3.18. The quantitative estimate of drug-likeness (QED) is 0.618. The smallest absolute Gasteiger partial charge is 0.191 e. The molecule has 6 heteroatoms. The van der Waals surface area contributed by atoms with Crippen LogP contribution < -0.4 is 10.6 Å². The summed E-state index contributed by atoms with van der Waals surface area (Å²) in [5.41, 5.74) is 0. The van der Waals surface area contributed by atoms with Gasteiger partial charge in [0, 0.05) is 51.2 Å². The van der Waals surface area contributed by atoms with Crippen molar-refractivity contribution >= 4 is 5.96 Å². The van der Waals surface area contributed by atoms with Crippen molar-refractivity contribution in [3.05, 3.63) is 18.2 Å². The Morgan fingerprint density at radius 3 is 2.58 bits per heavy atom. The summed E-state index contributed by atoms with van der Waals surface area (Å²) < 4.78 is 2.21. The van der Waals surface area contributed by atoms with E-state index in [1.807, 2.05) is 13.2 Å². The van der Waals surface area contributed by atoms with Crippen molar-refractivity contribution in [1.29, 1.82) is 0 Å². The van der Waals surface area contributed by atoms with Crippen LogP contribution in [0, 0.1) is 5.92 Å². The number of piperidine rings is 1. The molecular formula is C18H34N6. The van der Waals surface area contributed by atoms with Gasteiger partial charge in [0.25, 0.3) is 0 Å². The van der Waals surface area contributed by atoms with Gasteiger partial charge >= 0.3 is 0 Å². The zero-order valence-corrected chi connectivity index (χ0v) is 15.9. The van der Waals surface area contributed by atoms with E-state index in [4.69, 9.17) is 0 Å². The number of imidazole rings is 1. The molecule has 1 saturated heterocycles. The van der Waals surface area contributed by atoms with Gasteiger partial charge in [-0.2, -0.15) is 0 Å². The molecule has 0 spiro atoms. The summed E-state index contributed by atoms with van der Waals surface area (Å²) in [6.07, 6.45) is 6.26. The molecular weight excluding hydrogens is 300 g/mol. The second-order valence-corrected chi connectivity index (χ2v) is 7.36. The lowest BCUT2D eigenvalue weighted by atomic mass is 10.0. The zero-order chi connectivity index (χ0) is 17.5. The zero-order valence-electron chi connectivity index (χ0n) is 15.9. The Balaban J connectivity index is 1.80. The minimum Gasteiger partial charge on any atom is -0.354 e. The average Bonchev–Trinajstić information content (AvgIpc) is 2.98. The largest absolute Gasteiger partial charge is 0.354 e. The van der Waals surface area contributed by atoms with Crippen molar-refractivity contribution in [1.82, 2.24) is 25.1 Å². The van der Waals surface area contributed by atoms with Gasteiger partial charge in [-0.25, -0.2) is 4.98 Å². The lowest BCUT2D eigenvalue weighted by Crippen LogP contribution is -2.49. The van der Waals surface area contributed by atoms with E-state index < -0.39 is 0 Å². The summed E-state index contributed by atoms with van der Waals surface area (Å²) >= 11 is 0. The average molecular weight is 335 g/mol. The minimum absolute atomic E-state index is 0.501. The molecule has 1 aliphatic heterocycles. The van der Waals surface area contributed by atoms with Crippen molar-refractivity contribution in [3.8, 4) is 0 Å². The molecule has 1 aromatic heterocycles. The van der Waals surface area contributed by atoms with Crippen molar-refractivity contribution in [3.63, 3.8) is 0 Å². The molecule has 0 aromatic carbocycles. The number of rotatable bonds is 6. The number of likely N-dealkylation sites (tertiary alicyclic amines) is 1. The summed E-state index contributed by atoms with van der Waals surface area (Å²) in [5.74, 6) is 2.54. The topological polar surface area (TPSA) is 57.5 Å². The van der Waals surface area contributed by atoms with Crippen LogP contribution in [-0.4, -0.2) is 52.6 Å². The maximum Gasteiger partial charge on any atom is 0.191 e. The third-order valence-electron chi connectivity index (χ3n) is 4.60. The third kappa shape index (κ3) is 5.51. The number of nitrogens with one attached hydrogen (secondary N) is 2. The Bertz CT molecular complexity index is 511. The molecule has 0 aliphatic carbocycles. The van der Waals surface area contributed by atoms with Gasteiger partial charge in [-0.05, 0) is 32.6 Å². The second kappa shape index (κ2) is 9.06. The highest BCUT2D eigenvalue weighted by Crippen LogP contribution is 2.12. The molecule has 0 radical (unpaired) electrons. The first-order valence-electron chi connectivity index (χ1n) is 9.20. The van der Waals surface area contributed by atoms with Crippen molar-refractivity contribution in [2.24, 2.45) is 10.9 Å². The molecule has 2 N–H and O–H groups in total. The van der Waals surface area contributed by atoms with E-state index in [-0.39, 0.29) is 0 Å². The van der Waals surface area contributed by atoms with Crippen LogP contribution >= 0.6 is 0 Å². The molecule has 1 aliphatic rings. The minimum atomic E-state index is 0.501. The van der Waals surface area contributed by atoms with Crippen LogP contribution in [0.25, 0.3) is 0 Å². The van der Waals surface area contributed by atoms with Gasteiger partial charge in [-0.3, -0.25) is 4.99 Å². The molecule has 1 aromatic rings. The number of guanidine groups is 1. The SMILES string of the molecule is CN=C(NCc1nccn1CC(C)C)NC1CCN(C(C)C)CC1. The van der Waals surface area contributed by atoms with Gasteiger partial charge in [0.1, 0.15) is 5.82 Å². The summed E-state index contributed by atoms with van der Waals surface area (Å²) in [5, 5.41) is 6.97. The molecule has 1 fully saturated rings. The van der Waals surface area contributed by atoms with Crippen LogP contribution in [0.3, 0.4) is 0 Å². The Labute approximate surface area is 146 Å². The van der Waals surface area contributed by atoms with Crippen LogP contribution in [0.2, 0.25) is 0 Å². The monoisotopic (exact) mass is 334 g/mol. The molecule has 0 bridgehead atoms.